The van der Waals surface area contributed by atoms with E-state index in [4.69, 9.17) is 26.8 Å². The molecule has 0 aliphatic carbocycles. The third-order valence-electron chi connectivity index (χ3n) is 6.06. The van der Waals surface area contributed by atoms with Crippen LogP contribution in [-0.4, -0.2) is 25.0 Å². The summed E-state index contributed by atoms with van der Waals surface area (Å²) < 4.78 is 2.94. The molecule has 3 heterocycles. The fraction of sp³-hybridized carbons (Fsp3) is 0. The number of para-hydroxylation sites is 1. The van der Waals surface area contributed by atoms with Gasteiger partial charge in [-0.25, -0.2) is 9.67 Å². The molecule has 0 N–H and O–H groups in total. The molecule has 0 fully saturated rings. The Hall–Kier alpha value is -4.13. The molecule has 0 radical (unpaired) electrons. The van der Waals surface area contributed by atoms with Gasteiger partial charge in [-0.05, 0) is 41.1 Å². The molecule has 5 nitrogen and oxygen atoms in total. The fourth-order valence-electron chi connectivity index (χ4n) is 4.42. The van der Waals surface area contributed by atoms with Crippen molar-refractivity contribution >= 4 is 54.8 Å². The Labute approximate surface area is 209 Å². The number of nitrogens with zero attached hydrogens (tertiary/aromatic N) is 5. The van der Waals surface area contributed by atoms with E-state index in [0.717, 1.165) is 53.8 Å². The van der Waals surface area contributed by atoms with Crippen LogP contribution in [0, 0.1) is 0 Å². The SMILES string of the molecule is Clc1cccc(-n2cc3c(-c4cccc5ccccc45)nnc(-c4nc5ccccc5s4)c3n2)c1. The first-order chi connectivity index (χ1) is 17.2. The van der Waals surface area contributed by atoms with Crippen molar-refractivity contribution in [1.29, 1.82) is 0 Å². The highest BCUT2D eigenvalue weighted by molar-refractivity contribution is 7.21. The van der Waals surface area contributed by atoms with Crippen LogP contribution in [0.4, 0.5) is 0 Å². The fourth-order valence-corrected chi connectivity index (χ4v) is 5.56. The van der Waals surface area contributed by atoms with E-state index < -0.39 is 0 Å². The Kier molecular flexibility index (Phi) is 4.62. The minimum absolute atomic E-state index is 0.652. The van der Waals surface area contributed by atoms with Crippen LogP contribution in [0.5, 0.6) is 0 Å². The van der Waals surface area contributed by atoms with Crippen LogP contribution in [0.1, 0.15) is 0 Å². The molecule has 0 aliphatic rings. The van der Waals surface area contributed by atoms with Crippen LogP contribution in [0.25, 0.3) is 59.5 Å². The van der Waals surface area contributed by atoms with Gasteiger partial charge in [0.15, 0.2) is 0 Å². The first-order valence-corrected chi connectivity index (χ1v) is 12.3. The first-order valence-electron chi connectivity index (χ1n) is 11.1. The molecule has 0 amide bonds. The van der Waals surface area contributed by atoms with Crippen molar-refractivity contribution in [3.8, 4) is 27.6 Å². The largest absolute Gasteiger partial charge is 0.240 e. The van der Waals surface area contributed by atoms with Crippen molar-refractivity contribution in [1.82, 2.24) is 25.0 Å². The van der Waals surface area contributed by atoms with E-state index in [1.165, 1.54) is 0 Å². The predicted molar refractivity (Wildman–Crippen MR) is 143 cm³/mol. The number of aromatic nitrogens is 5. The third-order valence-corrected chi connectivity index (χ3v) is 7.34. The summed E-state index contributed by atoms with van der Waals surface area (Å²) in [5, 5.41) is 19.0. The summed E-state index contributed by atoms with van der Waals surface area (Å²) in [6, 6.07) is 30.3. The van der Waals surface area contributed by atoms with Crippen molar-refractivity contribution in [2.45, 2.75) is 0 Å². The van der Waals surface area contributed by atoms with Gasteiger partial charge < -0.3 is 0 Å². The molecule has 7 heteroatoms. The molecule has 0 saturated heterocycles. The summed E-state index contributed by atoms with van der Waals surface area (Å²) in [4.78, 5) is 4.83. The molecule has 0 saturated carbocycles. The van der Waals surface area contributed by atoms with E-state index >= 15 is 0 Å². The molecule has 7 aromatic rings. The van der Waals surface area contributed by atoms with Crippen molar-refractivity contribution in [2.24, 2.45) is 0 Å². The van der Waals surface area contributed by atoms with Gasteiger partial charge in [-0.15, -0.1) is 21.5 Å². The summed E-state index contributed by atoms with van der Waals surface area (Å²) in [7, 11) is 0. The van der Waals surface area contributed by atoms with Gasteiger partial charge in [0.2, 0.25) is 0 Å². The number of thiazole rings is 1. The number of halogens is 1. The molecule has 0 aliphatic heterocycles. The first kappa shape index (κ1) is 20.3. The van der Waals surface area contributed by atoms with Gasteiger partial charge >= 0.3 is 0 Å². The number of hydrogen-bond acceptors (Lipinski definition) is 5. The normalized spacial score (nSPS) is 11.6. The predicted octanol–water partition coefficient (Wildman–Crippen LogP) is 7.57. The van der Waals surface area contributed by atoms with Gasteiger partial charge in [0.05, 0.1) is 21.3 Å². The molecule has 0 unspecified atom stereocenters. The topological polar surface area (TPSA) is 56.5 Å². The minimum Gasteiger partial charge on any atom is -0.240 e. The number of hydrogen-bond donors (Lipinski definition) is 0. The summed E-state index contributed by atoms with van der Waals surface area (Å²) in [5.41, 5.74) is 5.03. The lowest BCUT2D eigenvalue weighted by molar-refractivity contribution is 0.895. The highest BCUT2D eigenvalue weighted by Crippen LogP contribution is 2.37. The Morgan fingerprint density at radius 3 is 2.46 bits per heavy atom. The maximum absolute atomic E-state index is 6.28. The van der Waals surface area contributed by atoms with E-state index in [0.29, 0.717) is 10.7 Å². The van der Waals surface area contributed by atoms with Crippen LogP contribution < -0.4 is 0 Å². The molecular formula is C28H16ClN5S. The van der Waals surface area contributed by atoms with E-state index in [1.807, 2.05) is 71.5 Å². The zero-order chi connectivity index (χ0) is 23.4. The Morgan fingerprint density at radius 2 is 1.54 bits per heavy atom. The summed E-state index contributed by atoms with van der Waals surface area (Å²) >= 11 is 7.88. The van der Waals surface area contributed by atoms with E-state index in [-0.39, 0.29) is 0 Å². The van der Waals surface area contributed by atoms with Crippen LogP contribution >= 0.6 is 22.9 Å². The van der Waals surface area contributed by atoms with Crippen molar-refractivity contribution in [3.63, 3.8) is 0 Å². The number of fused-ring (bicyclic) bond motifs is 3. The highest BCUT2D eigenvalue weighted by Gasteiger charge is 2.20. The van der Waals surface area contributed by atoms with E-state index in [2.05, 4.69) is 35.4 Å². The molecule has 0 spiro atoms. The second-order valence-corrected chi connectivity index (χ2v) is 9.69. The quantitative estimate of drug-likeness (QED) is 0.257. The van der Waals surface area contributed by atoms with Crippen LogP contribution in [0.3, 0.4) is 0 Å². The molecule has 166 valence electrons. The standard InChI is InChI=1S/C28H16ClN5S/c29-18-9-6-10-19(15-18)34-16-22-25(21-12-5-8-17-7-1-2-11-20(17)21)31-32-27(26(22)33-34)28-30-23-13-3-4-14-24(23)35-28/h1-16H. The van der Waals surface area contributed by atoms with Crippen LogP contribution in [-0.2, 0) is 0 Å². The number of rotatable bonds is 3. The van der Waals surface area contributed by atoms with Crippen LogP contribution in [0.15, 0.2) is 97.2 Å². The Morgan fingerprint density at radius 1 is 0.743 bits per heavy atom. The molecule has 35 heavy (non-hydrogen) atoms. The van der Waals surface area contributed by atoms with Gasteiger partial charge in [-0.1, -0.05) is 72.3 Å². The number of benzene rings is 4. The second kappa shape index (κ2) is 7.98. The lowest BCUT2D eigenvalue weighted by Crippen LogP contribution is -1.95. The maximum Gasteiger partial charge on any atom is 0.150 e. The molecule has 0 bridgehead atoms. The molecule has 0 atom stereocenters. The lowest BCUT2D eigenvalue weighted by Gasteiger charge is -2.07. The minimum atomic E-state index is 0.652. The Bertz CT molecular complexity index is 1850. The maximum atomic E-state index is 6.28. The summed E-state index contributed by atoms with van der Waals surface area (Å²) in [5.74, 6) is 0. The van der Waals surface area contributed by atoms with Crippen molar-refractivity contribution < 1.29 is 0 Å². The van der Waals surface area contributed by atoms with Gasteiger partial charge in [0, 0.05) is 16.8 Å². The molecule has 4 aromatic carbocycles. The Balaban J connectivity index is 1.53. The average Bonchev–Trinajstić information content (AvgIpc) is 3.53. The van der Waals surface area contributed by atoms with Crippen molar-refractivity contribution in [3.05, 3.63) is 102 Å². The summed E-state index contributed by atoms with van der Waals surface area (Å²) in [6.07, 6.45) is 2.00. The smallest absolute Gasteiger partial charge is 0.150 e. The zero-order valence-electron chi connectivity index (χ0n) is 18.3. The van der Waals surface area contributed by atoms with E-state index in [9.17, 15) is 0 Å². The molecule has 7 rings (SSSR count). The van der Waals surface area contributed by atoms with Gasteiger partial charge in [-0.3, -0.25) is 0 Å². The van der Waals surface area contributed by atoms with E-state index in [1.54, 1.807) is 11.3 Å². The van der Waals surface area contributed by atoms with Crippen LogP contribution in [0.2, 0.25) is 5.02 Å². The zero-order valence-corrected chi connectivity index (χ0v) is 19.8. The lowest BCUT2D eigenvalue weighted by atomic mass is 10.0. The van der Waals surface area contributed by atoms with Gasteiger partial charge in [-0.2, -0.15) is 5.10 Å². The average molecular weight is 490 g/mol. The van der Waals surface area contributed by atoms with Gasteiger partial charge in [0.1, 0.15) is 21.9 Å². The van der Waals surface area contributed by atoms with Gasteiger partial charge in [0.25, 0.3) is 0 Å². The monoisotopic (exact) mass is 489 g/mol. The summed E-state index contributed by atoms with van der Waals surface area (Å²) in [6.45, 7) is 0. The third kappa shape index (κ3) is 3.38. The molecule has 3 aromatic heterocycles. The highest BCUT2D eigenvalue weighted by atomic mass is 35.5. The second-order valence-electron chi connectivity index (χ2n) is 8.23. The van der Waals surface area contributed by atoms with Crippen molar-refractivity contribution in [2.75, 3.05) is 0 Å². The molecular weight excluding hydrogens is 474 g/mol.